The average Bonchev–Trinajstić information content (AvgIpc) is 2.84. The van der Waals surface area contributed by atoms with Crippen LogP contribution < -0.4 is 5.56 Å². The van der Waals surface area contributed by atoms with Gasteiger partial charge in [-0.2, -0.15) is 0 Å². The average molecular weight is 477 g/mol. The molecule has 0 aliphatic carbocycles. The van der Waals surface area contributed by atoms with Gasteiger partial charge in [-0.05, 0) is 42.7 Å². The van der Waals surface area contributed by atoms with Crippen molar-refractivity contribution in [2.45, 2.75) is 26.3 Å². The normalized spacial score (nSPS) is 10.9. The molecule has 1 aromatic heterocycles. The Hall–Kier alpha value is -4.40. The van der Waals surface area contributed by atoms with Crippen LogP contribution in [-0.2, 0) is 19.4 Å². The summed E-state index contributed by atoms with van der Waals surface area (Å²) in [6.07, 6.45) is 0.557. The number of hydrogen-bond acceptors (Lipinski definition) is 5. The maximum atomic E-state index is 14.2. The number of nitrogens with zero attached hydrogens (tertiary/aromatic N) is 3. The Labute approximate surface area is 199 Å². The van der Waals surface area contributed by atoms with Crippen LogP contribution in [-0.4, -0.2) is 19.6 Å². The summed E-state index contributed by atoms with van der Waals surface area (Å²) in [6.45, 7) is 1.85. The number of benzene rings is 3. The molecule has 0 unspecified atom stereocenters. The first-order chi connectivity index (χ1) is 16.8. The van der Waals surface area contributed by atoms with Gasteiger partial charge in [0.15, 0.2) is 11.6 Å². The highest BCUT2D eigenvalue weighted by molar-refractivity contribution is 5.71. The maximum absolute atomic E-state index is 14.2. The molecular weight excluding hydrogens is 456 g/mol. The number of rotatable bonds is 7. The minimum Gasteiger partial charge on any atom is -0.504 e. The standard InChI is InChI=1S/C26H21F2N3O4/c1-2-20-23(17-7-4-9-19(15-17)31(34)35)29-25(21-10-5-11-22(28)24(21)32)30(26(20)33)13-12-16-6-3-8-18(27)14-16/h3-11,14-15,32H,2,12-13H2,1H3. The highest BCUT2D eigenvalue weighted by atomic mass is 19.1. The molecule has 178 valence electrons. The van der Waals surface area contributed by atoms with E-state index in [1.165, 1.54) is 47.0 Å². The second-order valence-corrected chi connectivity index (χ2v) is 7.90. The SMILES string of the molecule is CCc1c(-c2cccc([N+](=O)[O-])c2)nc(-c2cccc(F)c2O)n(CCc2cccc(F)c2)c1=O. The highest BCUT2D eigenvalue weighted by Crippen LogP contribution is 2.32. The number of aromatic hydroxyl groups is 1. The van der Waals surface area contributed by atoms with Gasteiger partial charge in [0.1, 0.15) is 11.6 Å². The van der Waals surface area contributed by atoms with Gasteiger partial charge < -0.3 is 5.11 Å². The number of halogens is 2. The van der Waals surface area contributed by atoms with Gasteiger partial charge in [0.05, 0.1) is 16.2 Å². The van der Waals surface area contributed by atoms with Crippen LogP contribution in [0.3, 0.4) is 0 Å². The summed E-state index contributed by atoms with van der Waals surface area (Å²) in [7, 11) is 0. The number of aromatic nitrogens is 2. The topological polar surface area (TPSA) is 98.3 Å². The van der Waals surface area contributed by atoms with E-state index in [1.807, 2.05) is 0 Å². The van der Waals surface area contributed by atoms with Gasteiger partial charge in [0.25, 0.3) is 11.2 Å². The van der Waals surface area contributed by atoms with Crippen molar-refractivity contribution < 1.29 is 18.8 Å². The first-order valence-electron chi connectivity index (χ1n) is 10.9. The summed E-state index contributed by atoms with van der Waals surface area (Å²) in [5.74, 6) is -1.97. The molecule has 1 heterocycles. The monoisotopic (exact) mass is 477 g/mol. The van der Waals surface area contributed by atoms with Crippen molar-refractivity contribution in [3.05, 3.63) is 110 Å². The predicted molar refractivity (Wildman–Crippen MR) is 127 cm³/mol. The number of non-ortho nitro benzene ring substituents is 1. The lowest BCUT2D eigenvalue weighted by Crippen LogP contribution is -2.28. The molecule has 35 heavy (non-hydrogen) atoms. The number of hydrogen-bond donors (Lipinski definition) is 1. The Bertz CT molecular complexity index is 1480. The van der Waals surface area contributed by atoms with E-state index in [1.54, 1.807) is 25.1 Å². The number of nitro benzene ring substituents is 1. The van der Waals surface area contributed by atoms with Gasteiger partial charge in [0.2, 0.25) is 0 Å². The summed E-state index contributed by atoms with van der Waals surface area (Å²) in [4.78, 5) is 29.0. The van der Waals surface area contributed by atoms with Crippen LogP contribution >= 0.6 is 0 Å². The first-order valence-corrected chi connectivity index (χ1v) is 10.9. The molecule has 7 nitrogen and oxygen atoms in total. The molecule has 4 aromatic rings. The van der Waals surface area contributed by atoms with Gasteiger partial charge in [-0.15, -0.1) is 0 Å². The lowest BCUT2D eigenvalue weighted by Gasteiger charge is -2.18. The van der Waals surface area contributed by atoms with E-state index >= 15 is 0 Å². The molecule has 0 saturated carbocycles. The maximum Gasteiger partial charge on any atom is 0.270 e. The number of nitro groups is 1. The fraction of sp³-hybridized carbons (Fsp3) is 0.154. The third-order valence-electron chi connectivity index (χ3n) is 5.69. The molecular formula is C26H21F2N3O4. The molecule has 0 aliphatic heterocycles. The van der Waals surface area contributed by atoms with Crippen LogP contribution in [0.4, 0.5) is 14.5 Å². The Morgan fingerprint density at radius 1 is 1.06 bits per heavy atom. The lowest BCUT2D eigenvalue weighted by atomic mass is 10.0. The molecule has 0 radical (unpaired) electrons. The van der Waals surface area contributed by atoms with E-state index in [-0.39, 0.29) is 42.2 Å². The zero-order chi connectivity index (χ0) is 25.1. The number of phenols is 1. The Morgan fingerprint density at radius 2 is 1.80 bits per heavy atom. The fourth-order valence-corrected chi connectivity index (χ4v) is 3.96. The van der Waals surface area contributed by atoms with Crippen LogP contribution in [0.5, 0.6) is 5.75 Å². The van der Waals surface area contributed by atoms with Crippen molar-refractivity contribution in [2.24, 2.45) is 0 Å². The van der Waals surface area contributed by atoms with E-state index in [2.05, 4.69) is 4.98 Å². The third kappa shape index (κ3) is 4.79. The second kappa shape index (κ2) is 9.84. The quantitative estimate of drug-likeness (QED) is 0.289. The van der Waals surface area contributed by atoms with Crippen LogP contribution in [0.1, 0.15) is 18.1 Å². The van der Waals surface area contributed by atoms with E-state index in [4.69, 9.17) is 0 Å². The van der Waals surface area contributed by atoms with Crippen molar-refractivity contribution in [1.82, 2.24) is 9.55 Å². The Balaban J connectivity index is 1.94. The number of para-hydroxylation sites is 1. The van der Waals surface area contributed by atoms with Crippen LogP contribution in [0.25, 0.3) is 22.6 Å². The summed E-state index contributed by atoms with van der Waals surface area (Å²) >= 11 is 0. The zero-order valence-electron chi connectivity index (χ0n) is 18.7. The van der Waals surface area contributed by atoms with Crippen LogP contribution in [0.2, 0.25) is 0 Å². The van der Waals surface area contributed by atoms with Gasteiger partial charge >= 0.3 is 0 Å². The second-order valence-electron chi connectivity index (χ2n) is 7.90. The van der Waals surface area contributed by atoms with E-state index in [0.717, 1.165) is 6.07 Å². The molecule has 0 amide bonds. The summed E-state index contributed by atoms with van der Waals surface area (Å²) in [5, 5.41) is 21.7. The van der Waals surface area contributed by atoms with Gasteiger partial charge in [-0.25, -0.2) is 13.8 Å². The highest BCUT2D eigenvalue weighted by Gasteiger charge is 2.22. The predicted octanol–water partition coefficient (Wildman–Crippen LogP) is 5.27. The molecule has 9 heteroatoms. The number of phenolic OH excluding ortho intramolecular Hbond substituents is 1. The zero-order valence-corrected chi connectivity index (χ0v) is 18.7. The minimum atomic E-state index is -0.884. The molecule has 0 fully saturated rings. The van der Waals surface area contributed by atoms with Crippen LogP contribution in [0, 0.1) is 21.7 Å². The smallest absolute Gasteiger partial charge is 0.270 e. The molecule has 0 atom stereocenters. The van der Waals surface area contributed by atoms with Crippen molar-refractivity contribution in [3.8, 4) is 28.4 Å². The van der Waals surface area contributed by atoms with Gasteiger partial charge in [-0.3, -0.25) is 19.5 Å². The van der Waals surface area contributed by atoms with E-state index < -0.39 is 27.9 Å². The molecule has 0 spiro atoms. The third-order valence-corrected chi connectivity index (χ3v) is 5.69. The molecule has 0 saturated heterocycles. The lowest BCUT2D eigenvalue weighted by molar-refractivity contribution is -0.384. The van der Waals surface area contributed by atoms with Crippen molar-refractivity contribution >= 4 is 5.69 Å². The van der Waals surface area contributed by atoms with Crippen molar-refractivity contribution in [3.63, 3.8) is 0 Å². The van der Waals surface area contributed by atoms with Gasteiger partial charge in [0, 0.05) is 29.8 Å². The largest absolute Gasteiger partial charge is 0.504 e. The molecule has 4 rings (SSSR count). The Kier molecular flexibility index (Phi) is 6.68. The van der Waals surface area contributed by atoms with Crippen LogP contribution in [0.15, 0.2) is 71.5 Å². The molecule has 3 aromatic carbocycles. The van der Waals surface area contributed by atoms with E-state index in [0.29, 0.717) is 16.7 Å². The summed E-state index contributed by atoms with van der Waals surface area (Å²) < 4.78 is 29.2. The van der Waals surface area contributed by atoms with Gasteiger partial charge in [-0.1, -0.05) is 37.3 Å². The Morgan fingerprint density at radius 3 is 2.51 bits per heavy atom. The molecule has 0 bridgehead atoms. The number of aryl methyl sites for hydroxylation is 1. The molecule has 0 aliphatic rings. The minimum absolute atomic E-state index is 0.00195. The van der Waals surface area contributed by atoms with Crippen molar-refractivity contribution in [1.29, 1.82) is 0 Å². The van der Waals surface area contributed by atoms with E-state index in [9.17, 15) is 28.8 Å². The summed E-state index contributed by atoms with van der Waals surface area (Å²) in [6, 6.07) is 15.6. The first kappa shape index (κ1) is 23.7. The fourth-order valence-electron chi connectivity index (χ4n) is 3.96. The molecule has 1 N–H and O–H groups in total. The summed E-state index contributed by atoms with van der Waals surface area (Å²) in [5.41, 5.74) is 0.910. The van der Waals surface area contributed by atoms with Crippen molar-refractivity contribution in [2.75, 3.05) is 0 Å².